The maximum atomic E-state index is 11.7. The molecule has 0 aromatic heterocycles. The number of carbonyl (C=O) groups excluding carboxylic acids is 1. The van der Waals surface area contributed by atoms with E-state index in [1.165, 1.54) is 0 Å². The van der Waals surface area contributed by atoms with Crippen molar-refractivity contribution in [3.8, 4) is 0 Å². The van der Waals surface area contributed by atoms with Crippen molar-refractivity contribution in [2.24, 2.45) is 0 Å². The van der Waals surface area contributed by atoms with Crippen LogP contribution in [0.3, 0.4) is 0 Å². The van der Waals surface area contributed by atoms with E-state index in [2.05, 4.69) is 26.6 Å². The molecule has 3 nitrogen and oxygen atoms in total. The van der Waals surface area contributed by atoms with Crippen LogP contribution in [0.4, 0.5) is 4.79 Å². The standard InChI is InChI=1S/C11H23NO2Si/c1-6-12-9(2)7-10(14-11(12)13)8-15(3,4)5/h9-10H,6-8H2,1-5H3. The van der Waals surface area contributed by atoms with Crippen LogP contribution < -0.4 is 0 Å². The first-order chi connectivity index (χ1) is 6.83. The summed E-state index contributed by atoms with van der Waals surface area (Å²) in [6.07, 6.45) is 1.02. The second kappa shape index (κ2) is 4.55. The zero-order valence-electron chi connectivity index (χ0n) is 10.5. The molecule has 1 heterocycles. The van der Waals surface area contributed by atoms with E-state index in [1.807, 2.05) is 6.92 Å². The van der Waals surface area contributed by atoms with Crippen molar-refractivity contribution < 1.29 is 9.53 Å². The number of hydrogen-bond donors (Lipinski definition) is 0. The summed E-state index contributed by atoms with van der Waals surface area (Å²) in [6.45, 7) is 11.8. The van der Waals surface area contributed by atoms with E-state index in [0.29, 0.717) is 6.04 Å². The molecule has 0 saturated carbocycles. The molecule has 0 spiro atoms. The van der Waals surface area contributed by atoms with Crippen LogP contribution in [-0.2, 0) is 4.74 Å². The highest BCUT2D eigenvalue weighted by atomic mass is 28.3. The Kier molecular flexibility index (Phi) is 3.81. The average Bonchev–Trinajstić information content (AvgIpc) is 1.99. The van der Waals surface area contributed by atoms with Crippen molar-refractivity contribution in [3.63, 3.8) is 0 Å². The number of rotatable bonds is 3. The third-order valence-electron chi connectivity index (χ3n) is 2.82. The molecule has 2 atom stereocenters. The molecular formula is C11H23NO2Si. The molecule has 15 heavy (non-hydrogen) atoms. The molecule has 1 rings (SSSR count). The van der Waals surface area contributed by atoms with Crippen LogP contribution >= 0.6 is 0 Å². The topological polar surface area (TPSA) is 29.5 Å². The van der Waals surface area contributed by atoms with E-state index < -0.39 is 8.07 Å². The molecule has 0 aromatic rings. The predicted octanol–water partition coefficient (Wildman–Crippen LogP) is 2.94. The monoisotopic (exact) mass is 229 g/mol. The summed E-state index contributed by atoms with van der Waals surface area (Å²) >= 11 is 0. The van der Waals surface area contributed by atoms with Crippen molar-refractivity contribution in [2.45, 2.75) is 58.1 Å². The van der Waals surface area contributed by atoms with Gasteiger partial charge in [-0.15, -0.1) is 0 Å². The van der Waals surface area contributed by atoms with E-state index in [1.54, 1.807) is 4.90 Å². The molecule has 1 saturated heterocycles. The quantitative estimate of drug-likeness (QED) is 0.696. The second-order valence-corrected chi connectivity index (χ2v) is 11.2. The third-order valence-corrected chi connectivity index (χ3v) is 4.50. The molecule has 0 bridgehead atoms. The summed E-state index contributed by atoms with van der Waals surface area (Å²) in [5.41, 5.74) is 0. The Bertz CT molecular complexity index is 237. The Morgan fingerprint density at radius 1 is 1.47 bits per heavy atom. The number of cyclic esters (lactones) is 1. The molecule has 0 radical (unpaired) electrons. The van der Waals surface area contributed by atoms with E-state index in [9.17, 15) is 4.79 Å². The van der Waals surface area contributed by atoms with Crippen molar-refractivity contribution in [1.29, 1.82) is 0 Å². The number of hydrogen-bond acceptors (Lipinski definition) is 2. The second-order valence-electron chi connectivity index (χ2n) is 5.64. The zero-order chi connectivity index (χ0) is 11.6. The number of amides is 1. The van der Waals surface area contributed by atoms with E-state index >= 15 is 0 Å². The minimum absolute atomic E-state index is 0.125. The van der Waals surface area contributed by atoms with Gasteiger partial charge in [0.2, 0.25) is 0 Å². The maximum absolute atomic E-state index is 11.7. The number of ether oxygens (including phenoxy) is 1. The Morgan fingerprint density at radius 3 is 2.47 bits per heavy atom. The van der Waals surface area contributed by atoms with Gasteiger partial charge in [-0.25, -0.2) is 4.79 Å². The molecule has 1 fully saturated rings. The number of nitrogens with zero attached hydrogens (tertiary/aromatic N) is 1. The lowest BCUT2D eigenvalue weighted by atomic mass is 10.1. The minimum Gasteiger partial charge on any atom is -0.446 e. The largest absolute Gasteiger partial charge is 0.446 e. The highest BCUT2D eigenvalue weighted by Crippen LogP contribution is 2.25. The van der Waals surface area contributed by atoms with Crippen LogP contribution in [0.5, 0.6) is 0 Å². The van der Waals surface area contributed by atoms with E-state index in [-0.39, 0.29) is 12.2 Å². The SMILES string of the molecule is CCN1C(=O)OC(C[Si](C)(C)C)CC1C. The van der Waals surface area contributed by atoms with Crippen molar-refractivity contribution in [2.75, 3.05) is 6.54 Å². The smallest absolute Gasteiger partial charge is 0.410 e. The normalized spacial score (nSPS) is 27.8. The molecule has 0 N–H and O–H groups in total. The summed E-state index contributed by atoms with van der Waals surface area (Å²) < 4.78 is 5.46. The summed E-state index contributed by atoms with van der Waals surface area (Å²) in [4.78, 5) is 13.5. The minimum atomic E-state index is -1.13. The van der Waals surface area contributed by atoms with Gasteiger partial charge in [0, 0.05) is 27.1 Å². The first kappa shape index (κ1) is 12.6. The Morgan fingerprint density at radius 2 is 2.07 bits per heavy atom. The average molecular weight is 229 g/mol. The molecular weight excluding hydrogens is 206 g/mol. The molecule has 1 amide bonds. The van der Waals surface area contributed by atoms with Crippen LogP contribution in [-0.4, -0.2) is 37.8 Å². The molecule has 4 heteroatoms. The lowest BCUT2D eigenvalue weighted by Crippen LogP contribution is -2.48. The highest BCUT2D eigenvalue weighted by Gasteiger charge is 2.33. The Labute approximate surface area is 93.8 Å². The lowest BCUT2D eigenvalue weighted by Gasteiger charge is -2.38. The van der Waals surface area contributed by atoms with E-state index in [4.69, 9.17) is 4.74 Å². The van der Waals surface area contributed by atoms with Gasteiger partial charge >= 0.3 is 6.09 Å². The molecule has 0 aromatic carbocycles. The summed E-state index contributed by atoms with van der Waals surface area (Å²) in [5, 5.41) is 0. The fourth-order valence-electron chi connectivity index (χ4n) is 2.19. The van der Waals surface area contributed by atoms with Crippen molar-refractivity contribution in [1.82, 2.24) is 4.90 Å². The van der Waals surface area contributed by atoms with Gasteiger partial charge in [0.05, 0.1) is 0 Å². The molecule has 1 aliphatic rings. The van der Waals surface area contributed by atoms with Crippen LogP contribution in [0, 0.1) is 0 Å². The van der Waals surface area contributed by atoms with Gasteiger partial charge < -0.3 is 9.64 Å². The van der Waals surface area contributed by atoms with Crippen molar-refractivity contribution >= 4 is 14.2 Å². The van der Waals surface area contributed by atoms with Crippen LogP contribution in [0.1, 0.15) is 20.3 Å². The fourth-order valence-corrected chi connectivity index (χ4v) is 3.81. The van der Waals surface area contributed by atoms with Crippen LogP contribution in [0.15, 0.2) is 0 Å². The molecule has 1 aliphatic heterocycles. The van der Waals surface area contributed by atoms with Crippen molar-refractivity contribution in [3.05, 3.63) is 0 Å². The molecule has 0 aliphatic carbocycles. The Balaban J connectivity index is 2.57. The van der Waals surface area contributed by atoms with E-state index in [0.717, 1.165) is 19.0 Å². The van der Waals surface area contributed by atoms with Gasteiger partial charge in [-0.2, -0.15) is 0 Å². The highest BCUT2D eigenvalue weighted by molar-refractivity contribution is 6.76. The first-order valence-electron chi connectivity index (χ1n) is 5.80. The molecule has 2 unspecified atom stereocenters. The van der Waals surface area contributed by atoms with Gasteiger partial charge in [0.1, 0.15) is 6.10 Å². The van der Waals surface area contributed by atoms with Gasteiger partial charge in [-0.3, -0.25) is 0 Å². The predicted molar refractivity (Wildman–Crippen MR) is 64.9 cm³/mol. The summed E-state index contributed by atoms with van der Waals surface area (Å²) in [7, 11) is -1.13. The Hall–Kier alpha value is -0.513. The van der Waals surface area contributed by atoms with Gasteiger partial charge in [-0.05, 0) is 19.9 Å². The van der Waals surface area contributed by atoms with Gasteiger partial charge in [0.15, 0.2) is 0 Å². The first-order valence-corrected chi connectivity index (χ1v) is 9.51. The van der Waals surface area contributed by atoms with Crippen LogP contribution in [0.25, 0.3) is 0 Å². The summed E-state index contributed by atoms with van der Waals surface area (Å²) in [5.74, 6) is 0. The molecule has 88 valence electrons. The third kappa shape index (κ3) is 3.52. The maximum Gasteiger partial charge on any atom is 0.410 e. The van der Waals surface area contributed by atoms with Gasteiger partial charge in [0.25, 0.3) is 0 Å². The van der Waals surface area contributed by atoms with Gasteiger partial charge in [-0.1, -0.05) is 19.6 Å². The summed E-state index contributed by atoms with van der Waals surface area (Å²) in [6, 6.07) is 1.42. The zero-order valence-corrected chi connectivity index (χ0v) is 11.5. The fraction of sp³-hybridized carbons (Fsp3) is 0.909. The van der Waals surface area contributed by atoms with Crippen LogP contribution in [0.2, 0.25) is 25.7 Å². The lowest BCUT2D eigenvalue weighted by molar-refractivity contribution is 0.0122. The number of carbonyl (C=O) groups is 1.